The zero-order valence-corrected chi connectivity index (χ0v) is 20.3. The van der Waals surface area contributed by atoms with Crippen LogP contribution in [0.4, 0.5) is 0 Å². The normalized spacial score (nSPS) is 34.1. The monoisotopic (exact) mass is 482 g/mol. The molecule has 3 fully saturated rings. The van der Waals surface area contributed by atoms with Gasteiger partial charge in [0.2, 0.25) is 0 Å². The predicted molar refractivity (Wildman–Crippen MR) is 127 cm³/mol. The van der Waals surface area contributed by atoms with E-state index in [2.05, 4.69) is 6.92 Å². The number of ether oxygens (including phenoxy) is 4. The Kier molecular flexibility index (Phi) is 6.45. The Labute approximate surface area is 206 Å². The van der Waals surface area contributed by atoms with Gasteiger partial charge in [0.15, 0.2) is 23.1 Å². The molecule has 3 atom stereocenters. The molecule has 0 aromatic heterocycles. The fraction of sp³-hybridized carbons (Fsp3) is 0.607. The molecule has 2 unspecified atom stereocenters. The van der Waals surface area contributed by atoms with Crippen LogP contribution in [0, 0.1) is 0 Å². The molecule has 188 valence electrons. The summed E-state index contributed by atoms with van der Waals surface area (Å²) in [4.78, 5) is 36.1. The van der Waals surface area contributed by atoms with Gasteiger partial charge in [-0.05, 0) is 67.9 Å². The van der Waals surface area contributed by atoms with Crippen LogP contribution >= 0.6 is 0 Å². The van der Waals surface area contributed by atoms with Crippen molar-refractivity contribution >= 4 is 17.5 Å². The number of hydrogen-bond donors (Lipinski definition) is 0. The van der Waals surface area contributed by atoms with Crippen molar-refractivity contribution in [2.24, 2.45) is 0 Å². The molecule has 7 nitrogen and oxygen atoms in total. The minimum Gasteiger partial charge on any atom is -0.462 e. The van der Waals surface area contributed by atoms with Crippen LogP contribution in [0.15, 0.2) is 48.6 Å². The molecule has 3 saturated heterocycles. The average Bonchev–Trinajstić information content (AvgIpc) is 3.33. The maximum absolute atomic E-state index is 12.7. The summed E-state index contributed by atoms with van der Waals surface area (Å²) in [5.74, 6) is -2.33. The zero-order valence-electron chi connectivity index (χ0n) is 20.3. The highest BCUT2D eigenvalue weighted by Gasteiger charge is 2.61. The van der Waals surface area contributed by atoms with Gasteiger partial charge < -0.3 is 18.9 Å². The Bertz CT molecular complexity index is 907. The Morgan fingerprint density at radius 2 is 1.31 bits per heavy atom. The molecule has 5 aliphatic rings. The van der Waals surface area contributed by atoms with Crippen molar-refractivity contribution in [3.63, 3.8) is 0 Å². The molecule has 3 heterocycles. The van der Waals surface area contributed by atoms with Gasteiger partial charge in [0.25, 0.3) is 0 Å². The van der Waals surface area contributed by atoms with Crippen LogP contribution in [0.1, 0.15) is 77.6 Å². The lowest BCUT2D eigenvalue weighted by Crippen LogP contribution is -2.55. The number of esters is 1. The van der Waals surface area contributed by atoms with E-state index in [1.165, 1.54) is 24.3 Å². The van der Waals surface area contributed by atoms with Crippen LogP contribution in [0.25, 0.3) is 0 Å². The summed E-state index contributed by atoms with van der Waals surface area (Å²) in [5, 5.41) is 0. The van der Waals surface area contributed by atoms with Crippen molar-refractivity contribution in [2.75, 3.05) is 0 Å². The van der Waals surface area contributed by atoms with Gasteiger partial charge in [0.05, 0.1) is 0 Å². The van der Waals surface area contributed by atoms with Gasteiger partial charge in [-0.3, -0.25) is 14.4 Å². The number of hydrogen-bond acceptors (Lipinski definition) is 7. The van der Waals surface area contributed by atoms with Crippen molar-refractivity contribution < 1.29 is 33.3 Å². The van der Waals surface area contributed by atoms with Crippen LogP contribution in [0.3, 0.4) is 0 Å². The number of carbonyl (C=O) groups excluding carboxylic acids is 3. The van der Waals surface area contributed by atoms with Gasteiger partial charge >= 0.3 is 5.97 Å². The van der Waals surface area contributed by atoms with E-state index in [0.717, 1.165) is 25.7 Å². The van der Waals surface area contributed by atoms with E-state index in [0.29, 0.717) is 44.9 Å². The molecule has 0 saturated carbocycles. The fourth-order valence-electron chi connectivity index (χ4n) is 5.90. The SMILES string of the molecule is CCCCCCC(=O)OC1CC2(CCC3(C=CC(=O)C=C3)O2)O[C@@]2(CCC3(C=CC(=O)C=C3)O2)C1. The van der Waals surface area contributed by atoms with E-state index < -0.39 is 28.9 Å². The lowest BCUT2D eigenvalue weighted by atomic mass is 9.89. The number of ketones is 2. The van der Waals surface area contributed by atoms with E-state index in [1.54, 1.807) is 24.3 Å². The number of rotatable bonds is 6. The van der Waals surface area contributed by atoms with Crippen molar-refractivity contribution in [2.45, 2.75) is 106 Å². The Balaban J connectivity index is 1.35. The third kappa shape index (κ3) is 5.13. The Morgan fingerprint density at radius 1 is 0.800 bits per heavy atom. The molecule has 7 heteroatoms. The molecule has 0 bridgehead atoms. The van der Waals surface area contributed by atoms with Gasteiger partial charge in [-0.1, -0.05) is 26.2 Å². The Morgan fingerprint density at radius 3 is 1.80 bits per heavy atom. The van der Waals surface area contributed by atoms with E-state index in [4.69, 9.17) is 18.9 Å². The van der Waals surface area contributed by atoms with Crippen LogP contribution in [-0.4, -0.2) is 46.4 Å². The van der Waals surface area contributed by atoms with Gasteiger partial charge in [-0.25, -0.2) is 0 Å². The van der Waals surface area contributed by atoms with Gasteiger partial charge in [-0.2, -0.15) is 0 Å². The largest absolute Gasteiger partial charge is 0.462 e. The zero-order chi connectivity index (χ0) is 24.6. The minimum atomic E-state index is -0.996. The third-order valence-electron chi connectivity index (χ3n) is 7.65. The highest BCUT2D eigenvalue weighted by atomic mass is 16.8. The van der Waals surface area contributed by atoms with Crippen LogP contribution < -0.4 is 0 Å². The summed E-state index contributed by atoms with van der Waals surface area (Å²) in [6.07, 6.45) is 20.6. The average molecular weight is 483 g/mol. The molecule has 0 aromatic carbocycles. The van der Waals surface area contributed by atoms with Crippen molar-refractivity contribution in [1.82, 2.24) is 0 Å². The number of carbonyl (C=O) groups is 3. The molecular weight excluding hydrogens is 448 g/mol. The standard InChI is InChI=1S/C28H34O7/c1-2-3-4-5-6-24(31)32-23-19-27(17-15-25(33-27)11-7-21(29)8-12-25)35-28(20-23)18-16-26(34-28)13-9-22(30)10-14-26/h7-14,23H,2-6,15-20H2,1H3/t23?,27-,28?/m0/s1. The fourth-order valence-corrected chi connectivity index (χ4v) is 5.90. The van der Waals surface area contributed by atoms with Crippen LogP contribution in [0.5, 0.6) is 0 Å². The molecule has 5 rings (SSSR count). The smallest absolute Gasteiger partial charge is 0.306 e. The van der Waals surface area contributed by atoms with Gasteiger partial charge in [0.1, 0.15) is 17.3 Å². The molecular formula is C28H34O7. The first-order valence-corrected chi connectivity index (χ1v) is 12.9. The second-order valence-electron chi connectivity index (χ2n) is 10.5. The summed E-state index contributed by atoms with van der Waals surface area (Å²) in [5.41, 5.74) is -1.43. The van der Waals surface area contributed by atoms with E-state index in [-0.39, 0.29) is 17.5 Å². The van der Waals surface area contributed by atoms with Crippen LogP contribution in [0.2, 0.25) is 0 Å². The number of allylic oxidation sites excluding steroid dienone is 4. The molecule has 3 aliphatic heterocycles. The maximum atomic E-state index is 12.7. The summed E-state index contributed by atoms with van der Waals surface area (Å²) in [6, 6.07) is 0. The first-order chi connectivity index (χ1) is 16.8. The second kappa shape index (κ2) is 9.26. The molecule has 0 aromatic rings. The van der Waals surface area contributed by atoms with Crippen molar-refractivity contribution in [1.29, 1.82) is 0 Å². The van der Waals surface area contributed by atoms with Crippen molar-refractivity contribution in [3.8, 4) is 0 Å². The van der Waals surface area contributed by atoms with E-state index >= 15 is 0 Å². The van der Waals surface area contributed by atoms with Crippen LogP contribution in [-0.2, 0) is 33.3 Å². The van der Waals surface area contributed by atoms with Gasteiger partial charge in [0, 0.05) is 32.1 Å². The lowest BCUT2D eigenvalue weighted by molar-refractivity contribution is -0.386. The third-order valence-corrected chi connectivity index (χ3v) is 7.65. The number of unbranched alkanes of at least 4 members (excludes halogenated alkanes) is 3. The predicted octanol–water partition coefficient (Wildman–Crippen LogP) is 4.56. The summed E-state index contributed by atoms with van der Waals surface area (Å²) in [7, 11) is 0. The van der Waals surface area contributed by atoms with E-state index in [1.807, 2.05) is 0 Å². The highest BCUT2D eigenvalue weighted by Crippen LogP contribution is 2.55. The van der Waals surface area contributed by atoms with Gasteiger partial charge in [-0.15, -0.1) is 0 Å². The molecule has 0 N–H and O–H groups in total. The highest BCUT2D eigenvalue weighted by molar-refractivity contribution is 6.01. The quantitative estimate of drug-likeness (QED) is 0.405. The molecule has 35 heavy (non-hydrogen) atoms. The van der Waals surface area contributed by atoms with Crippen molar-refractivity contribution in [3.05, 3.63) is 48.6 Å². The topological polar surface area (TPSA) is 88.1 Å². The summed E-state index contributed by atoms with van der Waals surface area (Å²) >= 11 is 0. The first-order valence-electron chi connectivity index (χ1n) is 12.9. The molecule has 0 radical (unpaired) electrons. The summed E-state index contributed by atoms with van der Waals surface area (Å²) in [6.45, 7) is 2.14. The second-order valence-corrected chi connectivity index (χ2v) is 10.5. The summed E-state index contributed by atoms with van der Waals surface area (Å²) < 4.78 is 25.8. The minimum absolute atomic E-state index is 0.0671. The maximum Gasteiger partial charge on any atom is 0.306 e. The molecule has 0 amide bonds. The molecule has 4 spiro atoms. The Hall–Kier alpha value is -2.35. The lowest BCUT2D eigenvalue weighted by Gasteiger charge is -2.48. The molecule has 2 aliphatic carbocycles. The first kappa shape index (κ1) is 24.3. The van der Waals surface area contributed by atoms with E-state index in [9.17, 15) is 14.4 Å².